The maximum atomic E-state index is 12.9. The summed E-state index contributed by atoms with van der Waals surface area (Å²) in [7, 11) is -2.24. The summed E-state index contributed by atoms with van der Waals surface area (Å²) in [6.07, 6.45) is 3.34. The topological polar surface area (TPSA) is 84.0 Å². The van der Waals surface area contributed by atoms with Gasteiger partial charge in [0.15, 0.2) is 0 Å². The molecule has 0 amide bonds. The Balaban J connectivity index is 1.89. The maximum absolute atomic E-state index is 12.9. The lowest BCUT2D eigenvalue weighted by Crippen LogP contribution is -2.12. The highest BCUT2D eigenvalue weighted by Crippen LogP contribution is 2.23. The van der Waals surface area contributed by atoms with E-state index in [0.29, 0.717) is 39.5 Å². The molecule has 2 N–H and O–H groups in total. The molecule has 0 aliphatic rings. The van der Waals surface area contributed by atoms with Gasteiger partial charge in [-0.05, 0) is 36.4 Å². The first-order valence-corrected chi connectivity index (χ1v) is 11.2. The molecular weight excluding hydrogens is 380 g/mol. The van der Waals surface area contributed by atoms with Crippen LogP contribution >= 0.6 is 0 Å². The van der Waals surface area contributed by atoms with Crippen LogP contribution in [0.2, 0.25) is 0 Å². The van der Waals surface area contributed by atoms with Crippen molar-refractivity contribution in [2.24, 2.45) is 0 Å². The predicted molar refractivity (Wildman–Crippen MR) is 110 cm³/mol. The number of aromatic nitrogens is 2. The van der Waals surface area contributed by atoms with Crippen molar-refractivity contribution in [1.82, 2.24) is 9.97 Å². The summed E-state index contributed by atoms with van der Waals surface area (Å²) in [5.41, 5.74) is 0. The van der Waals surface area contributed by atoms with E-state index in [2.05, 4.69) is 20.6 Å². The summed E-state index contributed by atoms with van der Waals surface area (Å²) in [5, 5.41) is 6.28. The van der Waals surface area contributed by atoms with Gasteiger partial charge in [0, 0.05) is 40.4 Å². The van der Waals surface area contributed by atoms with Crippen LogP contribution in [0.25, 0.3) is 0 Å². The Morgan fingerprint density at radius 1 is 0.889 bits per heavy atom. The molecule has 0 saturated heterocycles. The Bertz CT molecular complexity index is 937. The quantitative estimate of drug-likeness (QED) is 0.604. The van der Waals surface area contributed by atoms with Gasteiger partial charge >= 0.3 is 0 Å². The number of hydrogen-bond acceptors (Lipinski definition) is 6. The third-order valence-electron chi connectivity index (χ3n) is 3.59. The zero-order chi connectivity index (χ0) is 19.1. The van der Waals surface area contributed by atoms with Crippen LogP contribution in [0.4, 0.5) is 17.5 Å². The molecule has 27 heavy (non-hydrogen) atoms. The Hall–Kier alpha value is -2.58. The summed E-state index contributed by atoms with van der Waals surface area (Å²) in [6.45, 7) is 0.514. The third-order valence-corrected chi connectivity index (χ3v) is 5.73. The van der Waals surface area contributed by atoms with Crippen LogP contribution < -0.4 is 10.6 Å². The molecule has 3 rings (SSSR count). The van der Waals surface area contributed by atoms with E-state index < -0.39 is 21.6 Å². The molecule has 0 fully saturated rings. The van der Waals surface area contributed by atoms with Crippen LogP contribution in [0.5, 0.6) is 0 Å². The molecule has 0 saturated carbocycles. The van der Waals surface area contributed by atoms with Crippen molar-refractivity contribution in [3.8, 4) is 0 Å². The van der Waals surface area contributed by atoms with E-state index in [9.17, 15) is 8.42 Å². The summed E-state index contributed by atoms with van der Waals surface area (Å²) < 4.78 is 24.2. The number of rotatable bonds is 8. The van der Waals surface area contributed by atoms with Crippen LogP contribution in [0.1, 0.15) is 0 Å². The summed E-state index contributed by atoms with van der Waals surface area (Å²) >= 11 is 0. The highest BCUT2D eigenvalue weighted by Gasteiger charge is 2.11. The predicted octanol–water partition coefficient (Wildman–Crippen LogP) is 3.18. The van der Waals surface area contributed by atoms with Gasteiger partial charge in [0.2, 0.25) is 0 Å². The van der Waals surface area contributed by atoms with E-state index in [0.717, 1.165) is 0 Å². The van der Waals surface area contributed by atoms with Gasteiger partial charge in [0.05, 0.1) is 15.7 Å². The van der Waals surface area contributed by atoms with E-state index in [1.165, 1.54) is 0 Å². The van der Waals surface area contributed by atoms with Crippen molar-refractivity contribution in [3.63, 3.8) is 0 Å². The molecule has 0 aliphatic carbocycles. The second kappa shape index (κ2) is 9.38. The molecule has 3 aromatic rings. The van der Waals surface area contributed by atoms with Crippen LogP contribution in [-0.2, 0) is 21.6 Å². The van der Waals surface area contributed by atoms with Crippen molar-refractivity contribution in [2.45, 2.75) is 9.79 Å². The van der Waals surface area contributed by atoms with E-state index in [1.54, 1.807) is 24.6 Å². The van der Waals surface area contributed by atoms with Crippen molar-refractivity contribution >= 4 is 39.1 Å². The van der Waals surface area contributed by atoms with E-state index in [1.807, 2.05) is 48.5 Å². The highest BCUT2D eigenvalue weighted by atomic mass is 32.2. The monoisotopic (exact) mass is 400 g/mol. The molecule has 8 heteroatoms. The van der Waals surface area contributed by atoms with Gasteiger partial charge in [-0.3, -0.25) is 4.21 Å². The molecule has 2 heterocycles. The smallest absolute Gasteiger partial charge is 0.135 e. The van der Waals surface area contributed by atoms with Crippen molar-refractivity contribution in [1.29, 1.82) is 0 Å². The zero-order valence-electron chi connectivity index (χ0n) is 14.8. The highest BCUT2D eigenvalue weighted by molar-refractivity contribution is 7.85. The average molecular weight is 401 g/mol. The molecule has 2 aromatic heterocycles. The van der Waals surface area contributed by atoms with Crippen molar-refractivity contribution < 1.29 is 8.42 Å². The van der Waals surface area contributed by atoms with E-state index in [4.69, 9.17) is 0 Å². The summed E-state index contributed by atoms with van der Waals surface area (Å²) in [4.78, 5) is 10.1. The van der Waals surface area contributed by atoms with Gasteiger partial charge in [-0.25, -0.2) is 14.2 Å². The Labute approximate surface area is 163 Å². The largest absolute Gasteiger partial charge is 0.369 e. The average Bonchev–Trinajstić information content (AvgIpc) is 2.68. The number of nitrogens with zero attached hydrogens (tertiary/aromatic N) is 2. The first-order chi connectivity index (χ1) is 13.1. The summed E-state index contributed by atoms with van der Waals surface area (Å²) in [5.74, 6) is 2.26. The number of nitrogens with one attached hydrogen (secondary N) is 2. The van der Waals surface area contributed by atoms with Gasteiger partial charge in [0.25, 0.3) is 0 Å². The third kappa shape index (κ3) is 5.70. The maximum Gasteiger partial charge on any atom is 0.135 e. The zero-order valence-corrected chi connectivity index (χ0v) is 16.4. The van der Waals surface area contributed by atoms with Crippen LogP contribution in [0.15, 0.2) is 76.7 Å². The minimum atomic E-state index is -1.34. The van der Waals surface area contributed by atoms with Gasteiger partial charge in [0.1, 0.15) is 17.5 Å². The molecular formula is C19H20N4O2S2. The second-order valence-electron chi connectivity index (χ2n) is 5.70. The van der Waals surface area contributed by atoms with Gasteiger partial charge in [-0.1, -0.05) is 24.3 Å². The molecule has 0 radical (unpaired) electrons. The minimum Gasteiger partial charge on any atom is -0.369 e. The molecule has 140 valence electrons. The van der Waals surface area contributed by atoms with Crippen molar-refractivity contribution in [3.05, 3.63) is 66.9 Å². The lowest BCUT2D eigenvalue weighted by molar-refractivity contribution is 0.682. The number of anilines is 3. The standard InChI is InChI=1S/C19H20N4O2S2/c1-26(24)12-11-21-18-13-16(27(25)15-7-3-2-4-8-15)14-19(23-18)22-17-9-5-6-10-20-17/h2-10,13-14H,11-12H2,1H3,(H2,20,21,22,23). The summed E-state index contributed by atoms with van der Waals surface area (Å²) in [6, 6.07) is 18.3. The Kier molecular flexibility index (Phi) is 6.67. The number of benzene rings is 1. The normalized spacial score (nSPS) is 12.9. The molecule has 2 atom stereocenters. The molecule has 6 nitrogen and oxygen atoms in total. The first-order valence-electron chi connectivity index (χ1n) is 8.33. The molecule has 2 unspecified atom stereocenters. The molecule has 0 spiro atoms. The fourth-order valence-electron chi connectivity index (χ4n) is 2.34. The second-order valence-corrected chi connectivity index (χ2v) is 8.73. The minimum absolute atomic E-state index is 0.511. The first kappa shape index (κ1) is 19.2. The van der Waals surface area contributed by atoms with Gasteiger partial charge in [-0.15, -0.1) is 0 Å². The van der Waals surface area contributed by atoms with E-state index >= 15 is 0 Å². The number of pyridine rings is 2. The van der Waals surface area contributed by atoms with Crippen LogP contribution in [0.3, 0.4) is 0 Å². The Morgan fingerprint density at radius 3 is 2.33 bits per heavy atom. The van der Waals surface area contributed by atoms with Crippen molar-refractivity contribution in [2.75, 3.05) is 29.2 Å². The van der Waals surface area contributed by atoms with Gasteiger partial charge in [-0.2, -0.15) is 0 Å². The van der Waals surface area contributed by atoms with Gasteiger partial charge < -0.3 is 10.6 Å². The van der Waals surface area contributed by atoms with E-state index in [-0.39, 0.29) is 0 Å². The van der Waals surface area contributed by atoms with Crippen LogP contribution in [0, 0.1) is 0 Å². The lowest BCUT2D eigenvalue weighted by atomic mass is 10.4. The van der Waals surface area contributed by atoms with Crippen LogP contribution in [-0.4, -0.2) is 36.9 Å². The molecule has 0 bridgehead atoms. The fraction of sp³-hybridized carbons (Fsp3) is 0.158. The Morgan fingerprint density at radius 2 is 1.63 bits per heavy atom. The lowest BCUT2D eigenvalue weighted by Gasteiger charge is -2.11. The number of hydrogen-bond donors (Lipinski definition) is 2. The molecule has 1 aromatic carbocycles. The fourth-order valence-corrected chi connectivity index (χ4v) is 3.84. The molecule has 0 aliphatic heterocycles. The SMILES string of the molecule is CS(=O)CCNc1cc(S(=O)c2ccccc2)cc(Nc2ccccn2)n1.